The highest BCUT2D eigenvalue weighted by Gasteiger charge is 2.46. The molecule has 2 heterocycles. The maximum absolute atomic E-state index is 15.0. The van der Waals surface area contributed by atoms with Crippen LogP contribution in [0.5, 0.6) is 5.75 Å². The van der Waals surface area contributed by atoms with Gasteiger partial charge in [-0.25, -0.2) is 9.59 Å². The third kappa shape index (κ3) is 23.9. The molecule has 2 aliphatic rings. The van der Waals surface area contributed by atoms with Crippen molar-refractivity contribution in [1.82, 2.24) is 20.2 Å². The molecule has 2 aromatic carbocycles. The lowest BCUT2D eigenvalue weighted by Crippen LogP contribution is -2.54. The number of aliphatic hydroxyl groups is 1. The van der Waals surface area contributed by atoms with Crippen molar-refractivity contribution in [2.75, 3.05) is 46.8 Å². The first-order valence-corrected chi connectivity index (χ1v) is 34.1. The first-order chi connectivity index (χ1) is 44.3. The van der Waals surface area contributed by atoms with E-state index >= 15 is 4.79 Å². The monoisotopic (exact) mass is 1320 g/mol. The van der Waals surface area contributed by atoms with E-state index in [2.05, 4.69) is 10.8 Å². The van der Waals surface area contributed by atoms with Crippen molar-refractivity contribution in [3.8, 4) is 5.75 Å². The molecule has 0 saturated carbocycles. The number of esters is 1. The molecule has 0 spiro atoms. The van der Waals surface area contributed by atoms with Crippen LogP contribution >= 0.6 is 0 Å². The number of aliphatic hydroxyl groups excluding tert-OH is 1. The molecule has 2 saturated heterocycles. The normalized spacial score (nSPS) is 21.1. The molecule has 530 valence electrons. The van der Waals surface area contributed by atoms with Crippen LogP contribution in [0.3, 0.4) is 0 Å². The van der Waals surface area contributed by atoms with Crippen LogP contribution in [-0.4, -0.2) is 163 Å². The fourth-order valence-corrected chi connectivity index (χ4v) is 13.0. The summed E-state index contributed by atoms with van der Waals surface area (Å²) in [5, 5.41) is 14.0. The summed E-state index contributed by atoms with van der Waals surface area (Å²) in [6.45, 7) is 28.0. The fraction of sp³-hybridized carbons (Fsp3) is 0.722. The second-order valence-corrected chi connectivity index (χ2v) is 27.9. The maximum atomic E-state index is 15.0. The van der Waals surface area contributed by atoms with Crippen LogP contribution in [0.2, 0.25) is 0 Å². The van der Waals surface area contributed by atoms with Crippen molar-refractivity contribution in [3.63, 3.8) is 0 Å². The lowest BCUT2D eigenvalue weighted by Gasteiger charge is -2.42. The topological polar surface area (TPSA) is 264 Å². The average Bonchev–Trinajstić information content (AvgIpc) is 1.10. The van der Waals surface area contributed by atoms with E-state index in [1.54, 1.807) is 62.9 Å². The largest absolute Gasteiger partial charge is 0.460 e. The number of likely N-dealkylation sites (N-methyl/N-ethyl adjacent to an activating group) is 2. The Morgan fingerprint density at radius 3 is 2.05 bits per heavy atom. The molecule has 5 unspecified atom stereocenters. The number of hydroxylamine groups is 1. The number of hydrogen-bond donors (Lipinski definition) is 3. The zero-order chi connectivity index (χ0) is 70.3. The van der Waals surface area contributed by atoms with Gasteiger partial charge >= 0.3 is 18.2 Å². The average molecular weight is 1320 g/mol. The van der Waals surface area contributed by atoms with Crippen LogP contribution in [0.1, 0.15) is 198 Å². The second-order valence-electron chi connectivity index (χ2n) is 27.9. The van der Waals surface area contributed by atoms with Gasteiger partial charge in [0.25, 0.3) is 0 Å². The molecule has 94 heavy (non-hydrogen) atoms. The summed E-state index contributed by atoms with van der Waals surface area (Å²) in [4.78, 5) is 120. The van der Waals surface area contributed by atoms with E-state index in [1.807, 2.05) is 106 Å². The lowest BCUT2D eigenvalue weighted by molar-refractivity contribution is -0.243. The van der Waals surface area contributed by atoms with Gasteiger partial charge in [-0.1, -0.05) is 125 Å². The van der Waals surface area contributed by atoms with E-state index in [4.69, 9.17) is 38.0 Å². The number of nitrogens with zero attached hydrogens (tertiary/aromatic N) is 3. The standard InChI is InChI=1S/C72H115N5O17/c1-20-45(6)64(60(87-18)41-62(82)77-36-29-32-56(77)66(88-19)49(10)57(79)38-46(7)65(83)52-30-25-24-26-31-52)75(16)68(84)55(43(2)3)40-58(80)63(44(4)5)76(17)71(86)89-42-53-39-54(34-35-59(53)93-69-67(92-51(12)78)48(9)47(8)50(11)91-69)73-61(81)33-27-22-21-23-28-37-90-74-70(85)94-72(13,14)15/h24-26,30-31,34-35,39,43-50,55-56,60,63-67,69,83H,20-23,27-29,32-33,36-38,40-42H2,1-19H3,(H,73,81)(H,74,85)/t45-,46-,47?,48?,49-,50?,55-,56-,60+,63-,64-,65+,66+,67?,69?/m0/s1. The number of likely N-dealkylation sites (tertiary alicyclic amines) is 1. The number of methoxy groups -OCH3 is 2. The number of Topliss-reactive ketones (excluding diaryl/α,β-unsaturated/α-hetero) is 2. The van der Waals surface area contributed by atoms with Gasteiger partial charge in [0.05, 0.1) is 55.6 Å². The Labute approximate surface area is 560 Å². The highest BCUT2D eigenvalue weighted by molar-refractivity contribution is 5.92. The number of nitrogens with one attached hydrogen (secondary N) is 2. The molecule has 22 heteroatoms. The molecule has 22 nitrogen and oxygen atoms in total. The van der Waals surface area contributed by atoms with Gasteiger partial charge < -0.3 is 58.3 Å². The molecule has 3 N–H and O–H groups in total. The highest BCUT2D eigenvalue weighted by Crippen LogP contribution is 2.37. The Kier molecular flexibility index (Phi) is 32.9. The van der Waals surface area contributed by atoms with E-state index in [9.17, 15) is 38.7 Å². The minimum Gasteiger partial charge on any atom is -0.460 e. The summed E-state index contributed by atoms with van der Waals surface area (Å²) in [5.41, 5.74) is 3.14. The summed E-state index contributed by atoms with van der Waals surface area (Å²) in [5.74, 6) is -4.18. The summed E-state index contributed by atoms with van der Waals surface area (Å²) in [6.07, 6.45) is 0.133. The zero-order valence-electron chi connectivity index (χ0n) is 59.9. The predicted octanol–water partition coefficient (Wildman–Crippen LogP) is 11.8. The number of anilines is 1. The van der Waals surface area contributed by atoms with Crippen molar-refractivity contribution in [3.05, 3.63) is 59.7 Å². The summed E-state index contributed by atoms with van der Waals surface area (Å²) < 4.78 is 41.9. The van der Waals surface area contributed by atoms with Crippen molar-refractivity contribution in [1.29, 1.82) is 0 Å². The Morgan fingerprint density at radius 2 is 1.45 bits per heavy atom. The molecule has 0 aromatic heterocycles. The van der Waals surface area contributed by atoms with Crippen LogP contribution in [0.4, 0.5) is 15.3 Å². The van der Waals surface area contributed by atoms with Gasteiger partial charge in [0.1, 0.15) is 23.7 Å². The molecular weight excluding hydrogens is 1210 g/mol. The number of ketones is 2. The minimum absolute atomic E-state index is 0.0161. The molecular formula is C72H115N5O17. The van der Waals surface area contributed by atoms with E-state index in [-0.39, 0.29) is 109 Å². The van der Waals surface area contributed by atoms with Crippen LogP contribution in [-0.2, 0) is 68.6 Å². The number of hydrogen-bond acceptors (Lipinski definition) is 17. The quantitative estimate of drug-likeness (QED) is 0.0246. The Balaban J connectivity index is 1.48. The number of unbranched alkanes of at least 4 members (excludes halogenated alkanes) is 4. The molecule has 4 rings (SSSR count). The number of amides is 5. The smallest absolute Gasteiger partial charge is 0.431 e. The summed E-state index contributed by atoms with van der Waals surface area (Å²) in [6, 6.07) is 12.2. The number of ether oxygens (including phenoxy) is 7. The molecule has 2 aliphatic heterocycles. The first-order valence-electron chi connectivity index (χ1n) is 34.1. The number of benzene rings is 2. The third-order valence-electron chi connectivity index (χ3n) is 18.9. The van der Waals surface area contributed by atoms with Gasteiger partial charge in [-0.2, -0.15) is 5.48 Å². The molecule has 0 bridgehead atoms. The fourth-order valence-electron chi connectivity index (χ4n) is 13.0. The van der Waals surface area contributed by atoms with E-state index in [0.29, 0.717) is 56.5 Å². The van der Waals surface area contributed by atoms with Gasteiger partial charge in [-0.3, -0.25) is 33.6 Å². The van der Waals surface area contributed by atoms with Gasteiger partial charge in [0, 0.05) is 90.1 Å². The molecule has 2 aromatic rings. The van der Waals surface area contributed by atoms with Crippen molar-refractivity contribution < 1.29 is 81.5 Å². The second kappa shape index (κ2) is 38.5. The van der Waals surface area contributed by atoms with Gasteiger partial charge in [-0.05, 0) is 107 Å². The Hall–Kier alpha value is -6.20. The van der Waals surface area contributed by atoms with E-state index < -0.39 is 84.3 Å². The maximum Gasteiger partial charge on any atom is 0.431 e. The Bertz CT molecular complexity index is 2740. The zero-order valence-corrected chi connectivity index (χ0v) is 59.9. The van der Waals surface area contributed by atoms with Crippen LogP contribution < -0.4 is 15.5 Å². The SMILES string of the molecule is CC[C@H](C)[C@@H]([C@@H](CC(=O)N1CCC[C@H]1[C@H](OC)[C@@H](C)C(=O)C[C@H](C)[C@@H](O)c1ccccc1)OC)N(C)C(=O)[C@@H](CC(=O)[C@H](C(C)C)N(C)C(=O)OCc1cc(NC(=O)CCCCCCCONC(=O)OC(C)(C)C)ccc1OC1OC(C)C(C)C(C)C1OC(C)=O)C(C)C. The van der Waals surface area contributed by atoms with Crippen molar-refractivity contribution in [2.45, 2.75) is 248 Å². The van der Waals surface area contributed by atoms with Gasteiger partial charge in [-0.15, -0.1) is 0 Å². The highest BCUT2D eigenvalue weighted by atomic mass is 16.7. The Morgan fingerprint density at radius 1 is 0.787 bits per heavy atom. The third-order valence-corrected chi connectivity index (χ3v) is 18.9. The van der Waals surface area contributed by atoms with E-state index in [0.717, 1.165) is 24.8 Å². The number of rotatable bonds is 37. The van der Waals surface area contributed by atoms with Crippen molar-refractivity contribution >= 4 is 53.1 Å². The van der Waals surface area contributed by atoms with Gasteiger partial charge in [0.2, 0.25) is 24.0 Å². The molecule has 0 aliphatic carbocycles. The van der Waals surface area contributed by atoms with Crippen molar-refractivity contribution in [2.24, 2.45) is 47.3 Å². The molecule has 5 amide bonds. The lowest BCUT2D eigenvalue weighted by atomic mass is 9.83. The summed E-state index contributed by atoms with van der Waals surface area (Å²) in [7, 11) is 6.26. The number of carbonyl (C=O) groups excluding carboxylic acids is 8. The summed E-state index contributed by atoms with van der Waals surface area (Å²) >= 11 is 0. The van der Waals surface area contributed by atoms with Crippen LogP contribution in [0.25, 0.3) is 0 Å². The minimum atomic E-state index is -1.04. The van der Waals surface area contributed by atoms with Gasteiger partial charge in [0.15, 0.2) is 11.9 Å². The van der Waals surface area contributed by atoms with Crippen LogP contribution in [0, 0.1) is 47.3 Å². The van der Waals surface area contributed by atoms with E-state index in [1.165, 1.54) is 26.0 Å². The molecule has 2 fully saturated rings. The van der Waals surface area contributed by atoms with Crippen LogP contribution in [0.15, 0.2) is 48.5 Å². The molecule has 15 atom stereocenters. The first kappa shape index (κ1) is 80.2. The predicted molar refractivity (Wildman–Crippen MR) is 358 cm³/mol. The number of carbonyl (C=O) groups is 8. The molecule has 0 radical (unpaired) electrons.